The number of aryl methyl sites for hydroxylation is 1. The first-order valence-electron chi connectivity index (χ1n) is 6.03. The van der Waals surface area contributed by atoms with Gasteiger partial charge in [0.25, 0.3) is 0 Å². The zero-order valence-electron chi connectivity index (χ0n) is 11.1. The van der Waals surface area contributed by atoms with Gasteiger partial charge in [-0.05, 0) is 58.7 Å². The summed E-state index contributed by atoms with van der Waals surface area (Å²) in [7, 11) is 1.64. The second-order valence-corrected chi connectivity index (χ2v) is 6.09. The van der Waals surface area contributed by atoms with E-state index in [0.717, 1.165) is 32.1 Å². The van der Waals surface area contributed by atoms with Crippen LogP contribution >= 0.6 is 39.1 Å². The molecule has 2 aromatic rings. The van der Waals surface area contributed by atoms with Crippen molar-refractivity contribution < 1.29 is 4.74 Å². The molecule has 0 amide bonds. The number of hydrogen-bond acceptors (Lipinski definition) is 2. The van der Waals surface area contributed by atoms with Crippen LogP contribution < -0.4 is 10.1 Å². The van der Waals surface area contributed by atoms with Crippen LogP contribution in [0.25, 0.3) is 0 Å². The second kappa shape index (κ2) is 6.70. The fraction of sp³-hybridized carbons (Fsp3) is 0.200. The van der Waals surface area contributed by atoms with Gasteiger partial charge in [-0.1, -0.05) is 23.2 Å². The van der Waals surface area contributed by atoms with Gasteiger partial charge in [0.1, 0.15) is 5.75 Å². The summed E-state index contributed by atoms with van der Waals surface area (Å²) in [5, 5.41) is 4.74. The summed E-state index contributed by atoms with van der Waals surface area (Å²) in [6.07, 6.45) is 0. The molecule has 1 N–H and O–H groups in total. The molecule has 0 unspecified atom stereocenters. The Balaban J connectivity index is 2.21. The number of nitrogens with one attached hydrogen (secondary N) is 1. The Hall–Kier alpha value is -0.900. The quantitative estimate of drug-likeness (QED) is 0.742. The minimum absolute atomic E-state index is 0.599. The van der Waals surface area contributed by atoms with Gasteiger partial charge in [0.05, 0.1) is 12.8 Å². The van der Waals surface area contributed by atoms with Crippen molar-refractivity contribution >= 4 is 44.8 Å². The molecule has 0 saturated carbocycles. The highest BCUT2D eigenvalue weighted by molar-refractivity contribution is 9.10. The minimum Gasteiger partial charge on any atom is -0.496 e. The summed E-state index contributed by atoms with van der Waals surface area (Å²) in [4.78, 5) is 0. The first-order chi connectivity index (χ1) is 9.51. The summed E-state index contributed by atoms with van der Waals surface area (Å²) < 4.78 is 6.30. The molecule has 0 saturated heterocycles. The van der Waals surface area contributed by atoms with Crippen molar-refractivity contribution in [1.29, 1.82) is 0 Å². The number of halogens is 3. The average molecular weight is 375 g/mol. The standard InChI is InChI=1S/C15H14BrCl2NO/c1-9-5-12(16)14(7-13(9)18)19-8-10-6-11(17)3-4-15(10)20-2/h3-7,19H,8H2,1-2H3. The van der Waals surface area contributed by atoms with Crippen LogP contribution in [-0.2, 0) is 6.54 Å². The van der Waals surface area contributed by atoms with Gasteiger partial charge in [-0.3, -0.25) is 0 Å². The molecule has 0 aliphatic rings. The summed E-state index contributed by atoms with van der Waals surface area (Å²) in [6, 6.07) is 9.44. The number of hydrogen-bond donors (Lipinski definition) is 1. The molecule has 2 nitrogen and oxygen atoms in total. The van der Waals surface area contributed by atoms with Gasteiger partial charge in [-0.2, -0.15) is 0 Å². The molecule has 20 heavy (non-hydrogen) atoms. The minimum atomic E-state index is 0.599. The smallest absolute Gasteiger partial charge is 0.123 e. The van der Waals surface area contributed by atoms with E-state index >= 15 is 0 Å². The van der Waals surface area contributed by atoms with Gasteiger partial charge in [0.15, 0.2) is 0 Å². The zero-order chi connectivity index (χ0) is 14.7. The SMILES string of the molecule is COc1ccc(Cl)cc1CNc1cc(Cl)c(C)cc1Br. The van der Waals surface area contributed by atoms with Crippen molar-refractivity contribution in [3.05, 3.63) is 56.0 Å². The van der Waals surface area contributed by atoms with Crippen LogP contribution in [0.3, 0.4) is 0 Å². The maximum atomic E-state index is 6.14. The van der Waals surface area contributed by atoms with Crippen LogP contribution in [0.1, 0.15) is 11.1 Å². The molecule has 0 aliphatic carbocycles. The molecular formula is C15H14BrCl2NO. The third kappa shape index (κ3) is 3.60. The molecule has 0 bridgehead atoms. The third-order valence-corrected chi connectivity index (χ3v) is 4.26. The van der Waals surface area contributed by atoms with Gasteiger partial charge in [0.2, 0.25) is 0 Å². The van der Waals surface area contributed by atoms with E-state index in [9.17, 15) is 0 Å². The van der Waals surface area contributed by atoms with Crippen molar-refractivity contribution in [2.24, 2.45) is 0 Å². The van der Waals surface area contributed by atoms with Crippen LogP contribution in [0.2, 0.25) is 10.0 Å². The fourth-order valence-corrected chi connectivity index (χ4v) is 2.81. The first kappa shape index (κ1) is 15.5. The van der Waals surface area contributed by atoms with E-state index in [1.54, 1.807) is 7.11 Å². The monoisotopic (exact) mass is 373 g/mol. The number of methoxy groups -OCH3 is 1. The Bertz CT molecular complexity index is 632. The predicted molar refractivity (Wildman–Crippen MR) is 89.2 cm³/mol. The highest BCUT2D eigenvalue weighted by atomic mass is 79.9. The van der Waals surface area contributed by atoms with E-state index in [2.05, 4.69) is 21.2 Å². The molecular weight excluding hydrogens is 361 g/mol. The van der Waals surface area contributed by atoms with Crippen molar-refractivity contribution in [3.8, 4) is 5.75 Å². The lowest BCUT2D eigenvalue weighted by Gasteiger charge is -2.13. The van der Waals surface area contributed by atoms with E-state index in [0.29, 0.717) is 11.6 Å². The predicted octanol–water partition coefficient (Wildman–Crippen LogP) is 5.69. The molecule has 0 spiro atoms. The maximum Gasteiger partial charge on any atom is 0.123 e. The van der Waals surface area contributed by atoms with Crippen LogP contribution in [0, 0.1) is 6.92 Å². The molecule has 2 rings (SSSR count). The number of rotatable bonds is 4. The number of benzene rings is 2. The largest absolute Gasteiger partial charge is 0.496 e. The van der Waals surface area contributed by atoms with Crippen LogP contribution in [0.15, 0.2) is 34.8 Å². The lowest BCUT2D eigenvalue weighted by atomic mass is 10.2. The Kier molecular flexibility index (Phi) is 5.19. The fourth-order valence-electron chi connectivity index (χ4n) is 1.86. The van der Waals surface area contributed by atoms with Crippen molar-refractivity contribution in [1.82, 2.24) is 0 Å². The Labute approximate surface area is 137 Å². The Morgan fingerprint density at radius 2 is 1.95 bits per heavy atom. The molecule has 0 aliphatic heterocycles. The Morgan fingerprint density at radius 1 is 1.20 bits per heavy atom. The number of ether oxygens (including phenoxy) is 1. The van der Waals surface area contributed by atoms with Gasteiger partial charge in [-0.15, -0.1) is 0 Å². The molecule has 0 heterocycles. The summed E-state index contributed by atoms with van der Waals surface area (Å²) >= 11 is 15.7. The van der Waals surface area contributed by atoms with Gasteiger partial charge in [-0.25, -0.2) is 0 Å². The van der Waals surface area contributed by atoms with E-state index in [1.807, 2.05) is 37.3 Å². The second-order valence-electron chi connectivity index (χ2n) is 4.39. The van der Waals surface area contributed by atoms with Gasteiger partial charge in [0, 0.05) is 26.6 Å². The molecule has 0 aromatic heterocycles. The maximum absolute atomic E-state index is 6.14. The summed E-state index contributed by atoms with van der Waals surface area (Å²) in [6.45, 7) is 2.57. The summed E-state index contributed by atoms with van der Waals surface area (Å²) in [5.41, 5.74) is 2.95. The van der Waals surface area contributed by atoms with E-state index < -0.39 is 0 Å². The third-order valence-electron chi connectivity index (χ3n) is 2.96. The van der Waals surface area contributed by atoms with E-state index in [4.69, 9.17) is 27.9 Å². The molecule has 0 fully saturated rings. The highest BCUT2D eigenvalue weighted by Crippen LogP contribution is 2.30. The molecule has 2 aromatic carbocycles. The lowest BCUT2D eigenvalue weighted by Crippen LogP contribution is -2.02. The van der Waals surface area contributed by atoms with Crippen molar-refractivity contribution in [2.75, 3.05) is 12.4 Å². The first-order valence-corrected chi connectivity index (χ1v) is 7.58. The van der Waals surface area contributed by atoms with E-state index in [1.165, 1.54) is 0 Å². The average Bonchev–Trinajstić information content (AvgIpc) is 2.41. The zero-order valence-corrected chi connectivity index (χ0v) is 14.2. The normalized spacial score (nSPS) is 10.4. The van der Waals surface area contributed by atoms with Crippen LogP contribution in [0.5, 0.6) is 5.75 Å². The van der Waals surface area contributed by atoms with Crippen LogP contribution in [0.4, 0.5) is 5.69 Å². The van der Waals surface area contributed by atoms with E-state index in [-0.39, 0.29) is 0 Å². The molecule has 0 atom stereocenters. The molecule has 106 valence electrons. The summed E-state index contributed by atoms with van der Waals surface area (Å²) in [5.74, 6) is 0.802. The molecule has 5 heteroatoms. The highest BCUT2D eigenvalue weighted by Gasteiger charge is 2.07. The van der Waals surface area contributed by atoms with Crippen LogP contribution in [-0.4, -0.2) is 7.11 Å². The van der Waals surface area contributed by atoms with Gasteiger partial charge >= 0.3 is 0 Å². The van der Waals surface area contributed by atoms with Gasteiger partial charge < -0.3 is 10.1 Å². The Morgan fingerprint density at radius 3 is 2.65 bits per heavy atom. The number of anilines is 1. The lowest BCUT2D eigenvalue weighted by molar-refractivity contribution is 0.410. The van der Waals surface area contributed by atoms with Crippen molar-refractivity contribution in [3.63, 3.8) is 0 Å². The topological polar surface area (TPSA) is 21.3 Å². The molecule has 0 radical (unpaired) electrons. The van der Waals surface area contributed by atoms with Crippen molar-refractivity contribution in [2.45, 2.75) is 13.5 Å².